The highest BCUT2D eigenvalue weighted by Crippen LogP contribution is 2.55. The van der Waals surface area contributed by atoms with Crippen LogP contribution in [-0.2, 0) is 21.7 Å². The lowest BCUT2D eigenvalue weighted by molar-refractivity contribution is 0.590. The van der Waals surface area contributed by atoms with Crippen molar-refractivity contribution in [3.8, 4) is 5.69 Å². The van der Waals surface area contributed by atoms with Crippen LogP contribution in [0.2, 0.25) is 0 Å². The van der Waals surface area contributed by atoms with Gasteiger partial charge >= 0.3 is 0 Å². The SMILES string of the molecule is [2H]c1c([2H])c2c3c(c1[2H])-n1c4c([2H])c([2H])c(C(C)(C)C)c([2H])c4c4c([2H])c(C(C)(C)C)c([2H])c(c41)N3c1c([2H])c(C(C)(C)C)c([2H])c3c1B2c1c([2H])c(C(C)(C)C)c([2H])c([2H])c1N3c1c([2H])c([2H])c([2H])c2oc3c([2H])c([2H])c([2H])c([2H])c3c12. The van der Waals surface area contributed by atoms with E-state index in [-0.39, 0.29) is 148 Å². The molecule has 3 aliphatic rings. The maximum Gasteiger partial charge on any atom is 0.252 e. The zero-order valence-electron chi connectivity index (χ0n) is 57.3. The Bertz CT molecular complexity index is 4630. The van der Waals surface area contributed by atoms with Gasteiger partial charge < -0.3 is 18.8 Å². The fourth-order valence-electron chi connectivity index (χ4n) is 9.21. The molecule has 0 bridgehead atoms. The van der Waals surface area contributed by atoms with E-state index in [1.807, 2.05) is 20.8 Å². The van der Waals surface area contributed by atoms with E-state index in [1.54, 1.807) is 62.3 Å². The van der Waals surface area contributed by atoms with Gasteiger partial charge in [0.1, 0.15) is 11.2 Å². The molecule has 9 aromatic rings. The number of anilines is 6. The molecular weight excluding hydrogens is 765 g/mol. The first-order valence-electron chi connectivity index (χ1n) is 31.3. The van der Waals surface area contributed by atoms with Crippen molar-refractivity contribution in [3.63, 3.8) is 0 Å². The van der Waals surface area contributed by atoms with Gasteiger partial charge in [-0.1, -0.05) is 137 Å². The molecule has 0 saturated heterocycles. The molecule has 0 atom stereocenters. The van der Waals surface area contributed by atoms with Gasteiger partial charge in [0.2, 0.25) is 0 Å². The van der Waals surface area contributed by atoms with Crippen molar-refractivity contribution < 1.29 is 31.8 Å². The highest BCUT2D eigenvalue weighted by Gasteiger charge is 2.47. The summed E-state index contributed by atoms with van der Waals surface area (Å²) >= 11 is 0. The minimum absolute atomic E-state index is 0.0222. The van der Waals surface area contributed by atoms with Gasteiger partial charge in [-0.3, -0.25) is 0 Å². The molecule has 0 spiro atoms. The van der Waals surface area contributed by atoms with Crippen molar-refractivity contribution >= 4 is 101 Å². The molecule has 5 heterocycles. The van der Waals surface area contributed by atoms with E-state index in [9.17, 15) is 23.3 Å². The van der Waals surface area contributed by atoms with Crippen LogP contribution in [-0.4, -0.2) is 11.3 Å². The van der Waals surface area contributed by atoms with Crippen LogP contribution in [0.1, 0.15) is 133 Å². The predicted octanol–water partition coefficient (Wildman–Crippen LogP) is 14.3. The summed E-state index contributed by atoms with van der Waals surface area (Å²) in [5.74, 6) is 0. The molecule has 0 saturated carbocycles. The quantitative estimate of drug-likeness (QED) is 0.154. The van der Waals surface area contributed by atoms with Crippen LogP contribution < -0.4 is 26.2 Å². The molecule has 3 aliphatic heterocycles. The molecule has 0 radical (unpaired) electrons. The summed E-state index contributed by atoms with van der Waals surface area (Å²) in [4.78, 5) is 2.75. The summed E-state index contributed by atoms with van der Waals surface area (Å²) in [5.41, 5.74) is -6.37. The zero-order valence-corrected chi connectivity index (χ0v) is 37.3. The fraction of sp³-hybridized carbons (Fsp3) is 0.276. The summed E-state index contributed by atoms with van der Waals surface area (Å²) in [6.45, 7) is 19.7. The smallest absolute Gasteiger partial charge is 0.252 e. The molecule has 0 fully saturated rings. The second-order valence-electron chi connectivity index (χ2n) is 21.1. The van der Waals surface area contributed by atoms with Crippen LogP contribution in [0.5, 0.6) is 0 Å². The van der Waals surface area contributed by atoms with Crippen molar-refractivity contribution in [3.05, 3.63) is 143 Å². The van der Waals surface area contributed by atoms with E-state index in [2.05, 4.69) is 0 Å². The first-order valence-corrected chi connectivity index (χ1v) is 21.3. The number of fused-ring (bicyclic) bond motifs is 12. The van der Waals surface area contributed by atoms with Gasteiger partial charge in [0.25, 0.3) is 6.71 Å². The van der Waals surface area contributed by atoms with Gasteiger partial charge in [-0.05, 0) is 127 Å². The summed E-state index contributed by atoms with van der Waals surface area (Å²) in [7, 11) is 0. The number of para-hydroxylation sites is 2. The number of benzene rings is 7. The standard InChI is InChI=1S/C58H56BN3O/c1-55(2,3)33-23-25-42-38(27-33)39-28-35(57(7,8)9)32-48-53(39)61(42)45-20-15-18-40-54(45)62(48)47-31-36(58(10,11)12)30-46-52(47)59(40)41-29-34(56(4,5)6)24-26-43(41)60(46)44-19-16-22-50-51(44)37-17-13-14-21-49(37)63-50/h13-32H,1-12H3/i13D,14D,15D,16D,17D,18D,19D,20D,21D,22D,23D,24D,25D,26D,27D,28D,29D,30D,31D,32D. The van der Waals surface area contributed by atoms with E-state index in [0.29, 0.717) is 0 Å². The topological polar surface area (TPSA) is 24.6 Å². The Hall–Kier alpha value is -6.20. The van der Waals surface area contributed by atoms with Crippen molar-refractivity contribution in [1.29, 1.82) is 0 Å². The third-order valence-electron chi connectivity index (χ3n) is 12.5. The molecule has 5 heteroatoms. The average molecular weight is 842 g/mol. The molecule has 0 unspecified atom stereocenters. The van der Waals surface area contributed by atoms with Crippen molar-refractivity contribution in [1.82, 2.24) is 4.57 Å². The van der Waals surface area contributed by atoms with Crippen molar-refractivity contribution in [2.75, 3.05) is 9.80 Å². The predicted molar refractivity (Wildman–Crippen MR) is 270 cm³/mol. The Morgan fingerprint density at radius 2 is 1.03 bits per heavy atom. The number of rotatable bonds is 1. The lowest BCUT2D eigenvalue weighted by Crippen LogP contribution is -2.62. The molecule has 12 rings (SSSR count). The summed E-state index contributed by atoms with van der Waals surface area (Å²) in [6.07, 6.45) is 0. The number of furan rings is 1. The van der Waals surface area contributed by atoms with E-state index < -0.39 is 124 Å². The molecule has 63 heavy (non-hydrogen) atoms. The largest absolute Gasteiger partial charge is 0.456 e. The maximum atomic E-state index is 10.7. The maximum absolute atomic E-state index is 10.7. The monoisotopic (exact) mass is 842 g/mol. The minimum Gasteiger partial charge on any atom is -0.456 e. The molecule has 0 N–H and O–H groups in total. The first kappa shape index (κ1) is 22.9. The van der Waals surface area contributed by atoms with Crippen LogP contribution in [0.4, 0.5) is 34.1 Å². The molecule has 2 aromatic heterocycles. The van der Waals surface area contributed by atoms with Crippen LogP contribution in [0.3, 0.4) is 0 Å². The average Bonchev–Trinajstić information content (AvgIpc) is 1.66. The highest BCUT2D eigenvalue weighted by molar-refractivity contribution is 7.00. The van der Waals surface area contributed by atoms with Crippen LogP contribution in [0.25, 0.3) is 49.4 Å². The highest BCUT2D eigenvalue weighted by atomic mass is 16.3. The molecular formula is C58H56BN3O. The zero-order chi connectivity index (χ0) is 61.3. The molecule has 0 aliphatic carbocycles. The molecule has 0 amide bonds. The summed E-state index contributed by atoms with van der Waals surface area (Å²) < 4.78 is 204. The third-order valence-corrected chi connectivity index (χ3v) is 12.5. The number of hydrogen-bond acceptors (Lipinski definition) is 3. The number of nitrogens with zero attached hydrogens (tertiary/aromatic N) is 3. The minimum atomic E-state index is -1.59. The van der Waals surface area contributed by atoms with E-state index in [1.165, 1.54) is 14.4 Å². The summed E-state index contributed by atoms with van der Waals surface area (Å²) in [6, 6.07) is -10.1. The fourth-order valence-corrected chi connectivity index (χ4v) is 9.21. The Morgan fingerprint density at radius 3 is 1.76 bits per heavy atom. The lowest BCUT2D eigenvalue weighted by atomic mass is 9.33. The molecule has 4 nitrogen and oxygen atoms in total. The Labute approximate surface area is 400 Å². The second kappa shape index (κ2) is 12.3. The van der Waals surface area contributed by atoms with Crippen molar-refractivity contribution in [2.24, 2.45) is 0 Å². The van der Waals surface area contributed by atoms with Gasteiger partial charge in [0.15, 0.2) is 0 Å². The third kappa shape index (κ3) is 5.29. The van der Waals surface area contributed by atoms with Crippen LogP contribution in [0.15, 0.2) is 125 Å². The van der Waals surface area contributed by atoms with Gasteiger partial charge in [-0.15, -0.1) is 0 Å². The normalized spacial score (nSPS) is 19.0. The number of hydrogen-bond donors (Lipinski definition) is 0. The first-order chi connectivity index (χ1) is 38.2. The van der Waals surface area contributed by atoms with E-state index in [0.717, 1.165) is 0 Å². The van der Waals surface area contributed by atoms with Gasteiger partial charge in [-0.2, -0.15) is 0 Å². The van der Waals surface area contributed by atoms with Gasteiger partial charge in [0, 0.05) is 33.2 Å². The van der Waals surface area contributed by atoms with Gasteiger partial charge in [0.05, 0.1) is 66.6 Å². The van der Waals surface area contributed by atoms with Crippen LogP contribution in [0, 0.1) is 0 Å². The second-order valence-corrected chi connectivity index (χ2v) is 21.1. The van der Waals surface area contributed by atoms with E-state index in [4.69, 9.17) is 8.53 Å². The Morgan fingerprint density at radius 1 is 0.444 bits per heavy atom. The Balaban J connectivity index is 1.44. The van der Waals surface area contributed by atoms with E-state index >= 15 is 0 Å². The summed E-state index contributed by atoms with van der Waals surface area (Å²) in [5, 5.41) is -0.475. The molecule has 312 valence electrons. The molecule has 7 aromatic carbocycles. The Kier molecular flexibility index (Phi) is 4.47. The number of aromatic nitrogens is 1. The van der Waals surface area contributed by atoms with Gasteiger partial charge in [-0.25, -0.2) is 0 Å². The van der Waals surface area contributed by atoms with Crippen LogP contribution >= 0.6 is 0 Å². The lowest BCUT2D eigenvalue weighted by Gasteiger charge is -2.47. The van der Waals surface area contributed by atoms with Crippen molar-refractivity contribution in [2.45, 2.75) is 105 Å².